The lowest BCUT2D eigenvalue weighted by Gasteiger charge is -2.19. The van der Waals surface area contributed by atoms with Crippen molar-refractivity contribution in [1.29, 1.82) is 0 Å². The SMILES string of the molecule is Nc1nccc2c1ncn2[C@@H]1C(F)=C[C@@H](O)[C@H]1O. The van der Waals surface area contributed by atoms with E-state index in [0.29, 0.717) is 11.0 Å². The molecule has 0 amide bonds. The van der Waals surface area contributed by atoms with Crippen LogP contribution in [0.1, 0.15) is 6.04 Å². The minimum atomic E-state index is -1.24. The summed E-state index contributed by atoms with van der Waals surface area (Å²) in [5.74, 6) is -0.353. The highest BCUT2D eigenvalue weighted by Crippen LogP contribution is 2.34. The molecule has 18 heavy (non-hydrogen) atoms. The van der Waals surface area contributed by atoms with Gasteiger partial charge in [0.1, 0.15) is 29.6 Å². The zero-order valence-electron chi connectivity index (χ0n) is 9.23. The second-order valence-electron chi connectivity index (χ2n) is 4.19. The van der Waals surface area contributed by atoms with Crippen molar-refractivity contribution in [3.63, 3.8) is 0 Å². The summed E-state index contributed by atoms with van der Waals surface area (Å²) in [7, 11) is 0. The molecule has 94 valence electrons. The van der Waals surface area contributed by atoms with Gasteiger partial charge < -0.3 is 20.5 Å². The molecule has 0 saturated carbocycles. The lowest BCUT2D eigenvalue weighted by atomic mass is 10.1. The first-order valence-electron chi connectivity index (χ1n) is 5.40. The fourth-order valence-electron chi connectivity index (χ4n) is 2.21. The Kier molecular flexibility index (Phi) is 2.32. The van der Waals surface area contributed by atoms with Gasteiger partial charge in [0, 0.05) is 6.20 Å². The molecule has 0 aromatic carbocycles. The molecular weight excluding hydrogens is 239 g/mol. The number of fused-ring (bicyclic) bond motifs is 1. The maximum Gasteiger partial charge on any atom is 0.151 e. The molecule has 0 bridgehead atoms. The highest BCUT2D eigenvalue weighted by Gasteiger charge is 2.37. The summed E-state index contributed by atoms with van der Waals surface area (Å²) < 4.78 is 15.2. The predicted octanol–water partition coefficient (Wildman–Crippen LogP) is 0.143. The molecule has 0 spiro atoms. The average molecular weight is 250 g/mol. The van der Waals surface area contributed by atoms with E-state index in [-0.39, 0.29) is 5.82 Å². The molecule has 0 aliphatic heterocycles. The number of hydrogen-bond donors (Lipinski definition) is 3. The molecule has 7 heteroatoms. The van der Waals surface area contributed by atoms with Gasteiger partial charge in [-0.25, -0.2) is 14.4 Å². The molecule has 0 radical (unpaired) electrons. The molecule has 3 atom stereocenters. The molecule has 2 aromatic heterocycles. The standard InChI is InChI=1S/C11H11FN4O2/c12-5-3-7(17)10(18)9(5)16-4-15-8-6(16)1-2-14-11(8)13/h1-4,7,9-10,17-18H,(H2,13,14)/t7-,9-,10-/m1/s1. The van der Waals surface area contributed by atoms with Crippen LogP contribution in [0.2, 0.25) is 0 Å². The van der Waals surface area contributed by atoms with Crippen LogP contribution in [0.15, 0.2) is 30.5 Å². The summed E-state index contributed by atoms with van der Waals surface area (Å²) in [6, 6.07) is 0.649. The Labute approximate surface area is 101 Å². The Hall–Kier alpha value is -1.99. The fourth-order valence-corrected chi connectivity index (χ4v) is 2.21. The smallest absolute Gasteiger partial charge is 0.151 e. The van der Waals surface area contributed by atoms with Crippen molar-refractivity contribution >= 4 is 16.9 Å². The molecule has 2 aromatic rings. The van der Waals surface area contributed by atoms with Gasteiger partial charge >= 0.3 is 0 Å². The lowest BCUT2D eigenvalue weighted by molar-refractivity contribution is 0.0339. The molecule has 6 nitrogen and oxygen atoms in total. The molecule has 3 rings (SSSR count). The maximum absolute atomic E-state index is 13.7. The molecule has 0 unspecified atom stereocenters. The van der Waals surface area contributed by atoms with Crippen molar-refractivity contribution in [3.05, 3.63) is 30.5 Å². The Morgan fingerprint density at radius 2 is 2.11 bits per heavy atom. The third-order valence-corrected chi connectivity index (χ3v) is 3.11. The van der Waals surface area contributed by atoms with Gasteiger partial charge in [-0.05, 0) is 12.1 Å². The highest BCUT2D eigenvalue weighted by atomic mass is 19.1. The van der Waals surface area contributed by atoms with E-state index in [2.05, 4.69) is 9.97 Å². The van der Waals surface area contributed by atoms with Crippen LogP contribution in [0.3, 0.4) is 0 Å². The molecule has 0 saturated heterocycles. The number of imidazole rings is 1. The number of pyridine rings is 1. The van der Waals surface area contributed by atoms with Crippen molar-refractivity contribution in [1.82, 2.24) is 14.5 Å². The summed E-state index contributed by atoms with van der Waals surface area (Å²) in [6.07, 6.45) is 1.40. The largest absolute Gasteiger partial charge is 0.387 e. The first kappa shape index (κ1) is 11.1. The summed E-state index contributed by atoms with van der Waals surface area (Å²) in [6.45, 7) is 0. The van der Waals surface area contributed by atoms with E-state index in [1.54, 1.807) is 6.07 Å². The molecule has 1 aliphatic carbocycles. The number of nitrogen functional groups attached to an aromatic ring is 1. The topological polar surface area (TPSA) is 97.2 Å². The maximum atomic E-state index is 13.7. The number of halogens is 1. The Balaban J connectivity index is 2.16. The van der Waals surface area contributed by atoms with Gasteiger partial charge in [-0.1, -0.05) is 0 Å². The van der Waals surface area contributed by atoms with E-state index in [1.165, 1.54) is 17.1 Å². The van der Waals surface area contributed by atoms with Gasteiger partial charge in [-0.2, -0.15) is 0 Å². The van der Waals surface area contributed by atoms with Crippen LogP contribution in [0, 0.1) is 0 Å². The van der Waals surface area contributed by atoms with Crippen molar-refractivity contribution in [2.45, 2.75) is 18.2 Å². The number of nitrogens with two attached hydrogens (primary N) is 1. The molecular formula is C11H11FN4O2. The number of aliphatic hydroxyl groups excluding tert-OH is 2. The minimum absolute atomic E-state index is 0.240. The molecule has 0 fully saturated rings. The third-order valence-electron chi connectivity index (χ3n) is 3.11. The van der Waals surface area contributed by atoms with Crippen LogP contribution in [-0.4, -0.2) is 37.0 Å². The van der Waals surface area contributed by atoms with Crippen LogP contribution in [0.4, 0.5) is 10.2 Å². The fraction of sp³-hybridized carbons (Fsp3) is 0.273. The second-order valence-corrected chi connectivity index (χ2v) is 4.19. The van der Waals surface area contributed by atoms with Gasteiger partial charge in [0.2, 0.25) is 0 Å². The predicted molar refractivity (Wildman–Crippen MR) is 62.2 cm³/mol. The monoisotopic (exact) mass is 250 g/mol. The summed E-state index contributed by atoms with van der Waals surface area (Å²) in [5.41, 5.74) is 6.66. The number of aliphatic hydroxyl groups is 2. The van der Waals surface area contributed by atoms with E-state index in [0.717, 1.165) is 6.08 Å². The Morgan fingerprint density at radius 1 is 1.33 bits per heavy atom. The van der Waals surface area contributed by atoms with E-state index in [9.17, 15) is 14.6 Å². The van der Waals surface area contributed by atoms with Gasteiger partial charge in [-0.3, -0.25) is 0 Å². The van der Waals surface area contributed by atoms with E-state index < -0.39 is 24.1 Å². The zero-order chi connectivity index (χ0) is 12.9. The van der Waals surface area contributed by atoms with Gasteiger partial charge in [0.05, 0.1) is 11.8 Å². The average Bonchev–Trinajstić information content (AvgIpc) is 2.84. The Bertz CT molecular complexity index is 639. The number of aromatic nitrogens is 3. The van der Waals surface area contributed by atoms with Crippen LogP contribution >= 0.6 is 0 Å². The first-order valence-corrected chi connectivity index (χ1v) is 5.40. The lowest BCUT2D eigenvalue weighted by Crippen LogP contribution is -2.28. The van der Waals surface area contributed by atoms with Gasteiger partial charge in [0.15, 0.2) is 5.82 Å². The molecule has 1 aliphatic rings. The van der Waals surface area contributed by atoms with Crippen molar-refractivity contribution in [3.8, 4) is 0 Å². The number of anilines is 1. The Morgan fingerprint density at radius 3 is 2.78 bits per heavy atom. The summed E-state index contributed by atoms with van der Waals surface area (Å²) in [4.78, 5) is 7.93. The molecule has 2 heterocycles. The van der Waals surface area contributed by atoms with Crippen LogP contribution in [0.5, 0.6) is 0 Å². The summed E-state index contributed by atoms with van der Waals surface area (Å²) in [5, 5.41) is 19.2. The zero-order valence-corrected chi connectivity index (χ0v) is 9.23. The second kappa shape index (κ2) is 3.76. The van der Waals surface area contributed by atoms with Crippen LogP contribution in [0.25, 0.3) is 11.0 Å². The van der Waals surface area contributed by atoms with Crippen LogP contribution < -0.4 is 5.73 Å². The molecule has 4 N–H and O–H groups in total. The van der Waals surface area contributed by atoms with Crippen molar-refractivity contribution < 1.29 is 14.6 Å². The number of hydrogen-bond acceptors (Lipinski definition) is 5. The highest BCUT2D eigenvalue weighted by molar-refractivity contribution is 5.84. The minimum Gasteiger partial charge on any atom is -0.387 e. The van der Waals surface area contributed by atoms with Crippen LogP contribution in [-0.2, 0) is 0 Å². The number of nitrogens with zero attached hydrogens (tertiary/aromatic N) is 3. The first-order chi connectivity index (χ1) is 8.59. The van der Waals surface area contributed by atoms with Crippen molar-refractivity contribution in [2.75, 3.05) is 5.73 Å². The van der Waals surface area contributed by atoms with Crippen molar-refractivity contribution in [2.24, 2.45) is 0 Å². The van der Waals surface area contributed by atoms with Gasteiger partial charge in [-0.15, -0.1) is 0 Å². The van der Waals surface area contributed by atoms with Gasteiger partial charge in [0.25, 0.3) is 0 Å². The quantitative estimate of drug-likeness (QED) is 0.669. The summed E-state index contributed by atoms with van der Waals surface area (Å²) >= 11 is 0. The normalized spacial score (nSPS) is 27.7. The number of rotatable bonds is 1. The van der Waals surface area contributed by atoms with E-state index in [1.807, 2.05) is 0 Å². The van der Waals surface area contributed by atoms with E-state index >= 15 is 0 Å². The third kappa shape index (κ3) is 1.41. The van der Waals surface area contributed by atoms with E-state index in [4.69, 9.17) is 5.73 Å².